The van der Waals surface area contributed by atoms with Gasteiger partial charge in [-0.2, -0.15) is 5.26 Å². The third-order valence-corrected chi connectivity index (χ3v) is 2.04. The number of rotatable bonds is 4. The maximum atomic E-state index is 8.82. The highest BCUT2D eigenvalue weighted by molar-refractivity contribution is 5.53. The van der Waals surface area contributed by atoms with Gasteiger partial charge in [0.25, 0.3) is 0 Å². The Morgan fingerprint density at radius 1 is 1.44 bits per heavy atom. The molecule has 0 fully saturated rings. The zero-order valence-electron chi connectivity index (χ0n) is 8.54. The molecular formula is C10H10N6. The van der Waals surface area contributed by atoms with Crippen molar-refractivity contribution in [3.05, 3.63) is 36.4 Å². The normalized spacial score (nSPS) is 9.69. The Balaban J connectivity index is 1.93. The number of anilines is 1. The molecule has 2 heterocycles. The highest BCUT2D eigenvalue weighted by Gasteiger charge is 2.00. The molecule has 2 aromatic rings. The Hall–Kier alpha value is -2.42. The van der Waals surface area contributed by atoms with Crippen LogP contribution in [-0.2, 0) is 6.54 Å². The van der Waals surface area contributed by atoms with Crippen LogP contribution in [0.1, 0.15) is 5.69 Å². The molecule has 0 bridgehead atoms. The minimum atomic E-state index is 0.404. The van der Waals surface area contributed by atoms with Gasteiger partial charge in [0, 0.05) is 18.9 Å². The number of nitrogens with zero attached hydrogens (tertiary/aromatic N) is 5. The smallest absolute Gasteiger partial charge is 0.163 e. The molecule has 0 aliphatic rings. The van der Waals surface area contributed by atoms with E-state index >= 15 is 0 Å². The second-order valence-corrected chi connectivity index (χ2v) is 3.10. The summed E-state index contributed by atoms with van der Waals surface area (Å²) in [6.45, 7) is 1.36. The van der Waals surface area contributed by atoms with E-state index in [-0.39, 0.29) is 0 Å². The highest BCUT2D eigenvalue weighted by atomic mass is 15.4. The summed E-state index contributed by atoms with van der Waals surface area (Å²) in [5.41, 5.74) is 1.14. The molecule has 6 heteroatoms. The van der Waals surface area contributed by atoms with Crippen molar-refractivity contribution in [3.63, 3.8) is 0 Å². The molecule has 0 aliphatic heterocycles. The molecule has 0 aromatic carbocycles. The Bertz CT molecular complexity index is 484. The van der Waals surface area contributed by atoms with Crippen LogP contribution in [0.5, 0.6) is 0 Å². The summed E-state index contributed by atoms with van der Waals surface area (Å²) in [6.07, 6.45) is 5.02. The van der Waals surface area contributed by atoms with Gasteiger partial charge < -0.3 is 5.32 Å². The molecule has 0 saturated heterocycles. The number of aromatic nitrogens is 4. The lowest BCUT2D eigenvalue weighted by atomic mass is 10.3. The van der Waals surface area contributed by atoms with Crippen LogP contribution in [0, 0.1) is 11.3 Å². The van der Waals surface area contributed by atoms with Crippen molar-refractivity contribution in [2.45, 2.75) is 6.54 Å². The van der Waals surface area contributed by atoms with Crippen molar-refractivity contribution in [1.29, 1.82) is 5.26 Å². The van der Waals surface area contributed by atoms with Crippen molar-refractivity contribution in [2.24, 2.45) is 0 Å². The predicted molar refractivity (Wildman–Crippen MR) is 57.5 cm³/mol. The average Bonchev–Trinajstić information content (AvgIpc) is 2.83. The van der Waals surface area contributed by atoms with E-state index in [0.717, 1.165) is 5.69 Å². The highest BCUT2D eigenvalue weighted by Crippen LogP contribution is 2.09. The quantitative estimate of drug-likeness (QED) is 0.808. The molecule has 0 unspecified atom stereocenters. The monoisotopic (exact) mass is 214 g/mol. The number of pyridine rings is 1. The Kier molecular flexibility index (Phi) is 3.09. The lowest BCUT2D eigenvalue weighted by Crippen LogP contribution is -2.12. The first kappa shape index (κ1) is 10.1. The van der Waals surface area contributed by atoms with Crippen LogP contribution in [-0.4, -0.2) is 26.5 Å². The maximum absolute atomic E-state index is 8.82. The molecular weight excluding hydrogens is 204 g/mol. The van der Waals surface area contributed by atoms with Crippen LogP contribution in [0.25, 0.3) is 0 Å². The fraction of sp³-hybridized carbons (Fsp3) is 0.200. The van der Waals surface area contributed by atoms with Crippen molar-refractivity contribution in [1.82, 2.24) is 20.0 Å². The van der Waals surface area contributed by atoms with E-state index < -0.39 is 0 Å². The summed E-state index contributed by atoms with van der Waals surface area (Å²) >= 11 is 0. The SMILES string of the molecule is N#Cc1ncccc1NCCn1ccnn1. The van der Waals surface area contributed by atoms with Gasteiger partial charge in [0.1, 0.15) is 6.07 Å². The average molecular weight is 214 g/mol. The Labute approximate surface area is 92.5 Å². The number of hydrogen-bond acceptors (Lipinski definition) is 5. The third kappa shape index (κ3) is 2.33. The summed E-state index contributed by atoms with van der Waals surface area (Å²) < 4.78 is 1.72. The third-order valence-electron chi connectivity index (χ3n) is 2.04. The van der Waals surface area contributed by atoms with Crippen molar-refractivity contribution < 1.29 is 0 Å². The van der Waals surface area contributed by atoms with Crippen molar-refractivity contribution in [2.75, 3.05) is 11.9 Å². The van der Waals surface area contributed by atoms with Crippen molar-refractivity contribution in [3.8, 4) is 6.07 Å². The summed E-state index contributed by atoms with van der Waals surface area (Å²) in [6, 6.07) is 5.65. The molecule has 80 valence electrons. The van der Waals surface area contributed by atoms with Crippen LogP contribution < -0.4 is 5.32 Å². The predicted octanol–water partition coefficient (Wildman–Crippen LogP) is 0.657. The van der Waals surface area contributed by atoms with Gasteiger partial charge in [0.05, 0.1) is 18.4 Å². The second-order valence-electron chi connectivity index (χ2n) is 3.10. The van der Waals surface area contributed by atoms with Crippen LogP contribution in [0.2, 0.25) is 0 Å². The summed E-state index contributed by atoms with van der Waals surface area (Å²) in [5.74, 6) is 0. The molecule has 6 nitrogen and oxygen atoms in total. The minimum Gasteiger partial charge on any atom is -0.381 e. The molecule has 0 aliphatic carbocycles. The number of hydrogen-bond donors (Lipinski definition) is 1. The fourth-order valence-corrected chi connectivity index (χ4v) is 1.29. The van der Waals surface area contributed by atoms with Crippen LogP contribution in [0.4, 0.5) is 5.69 Å². The molecule has 1 N–H and O–H groups in total. The minimum absolute atomic E-state index is 0.404. The van der Waals surface area contributed by atoms with Gasteiger partial charge in [-0.1, -0.05) is 5.21 Å². The summed E-state index contributed by atoms with van der Waals surface area (Å²) in [7, 11) is 0. The number of nitrogens with one attached hydrogen (secondary N) is 1. The first-order chi connectivity index (χ1) is 7.90. The van der Waals surface area contributed by atoms with Gasteiger partial charge >= 0.3 is 0 Å². The Morgan fingerprint density at radius 3 is 3.12 bits per heavy atom. The topological polar surface area (TPSA) is 79.4 Å². The standard InChI is InChI=1S/C10H10N6/c11-8-10-9(2-1-3-12-10)13-4-6-16-7-5-14-15-16/h1-3,5,7,13H,4,6H2. The molecule has 0 amide bonds. The zero-order valence-corrected chi connectivity index (χ0v) is 8.54. The lowest BCUT2D eigenvalue weighted by Gasteiger charge is -2.06. The van der Waals surface area contributed by atoms with Crippen molar-refractivity contribution >= 4 is 5.69 Å². The maximum Gasteiger partial charge on any atom is 0.163 e. The first-order valence-corrected chi connectivity index (χ1v) is 4.83. The van der Waals surface area contributed by atoms with Crippen LogP contribution >= 0.6 is 0 Å². The molecule has 0 atom stereocenters. The molecule has 0 spiro atoms. The first-order valence-electron chi connectivity index (χ1n) is 4.83. The van der Waals surface area contributed by atoms with Gasteiger partial charge in [0.2, 0.25) is 0 Å². The van der Waals surface area contributed by atoms with E-state index in [1.54, 1.807) is 29.3 Å². The summed E-state index contributed by atoms with van der Waals surface area (Å²) in [4.78, 5) is 3.95. The molecule has 2 aromatic heterocycles. The van der Waals surface area contributed by atoms with E-state index in [1.165, 1.54) is 0 Å². The van der Waals surface area contributed by atoms with E-state index in [2.05, 4.69) is 20.6 Å². The lowest BCUT2D eigenvalue weighted by molar-refractivity contribution is 0.609. The number of nitriles is 1. The largest absolute Gasteiger partial charge is 0.381 e. The Morgan fingerprint density at radius 2 is 2.38 bits per heavy atom. The van der Waals surface area contributed by atoms with E-state index in [1.807, 2.05) is 12.1 Å². The van der Waals surface area contributed by atoms with Gasteiger partial charge in [-0.05, 0) is 12.1 Å². The summed E-state index contributed by atoms with van der Waals surface area (Å²) in [5, 5.41) is 19.5. The zero-order chi connectivity index (χ0) is 11.2. The van der Waals surface area contributed by atoms with Crippen LogP contribution in [0.3, 0.4) is 0 Å². The van der Waals surface area contributed by atoms with Gasteiger partial charge in [-0.15, -0.1) is 5.10 Å². The second kappa shape index (κ2) is 4.89. The van der Waals surface area contributed by atoms with E-state index in [4.69, 9.17) is 5.26 Å². The molecule has 16 heavy (non-hydrogen) atoms. The van der Waals surface area contributed by atoms with Gasteiger partial charge in [-0.25, -0.2) is 4.98 Å². The van der Waals surface area contributed by atoms with Gasteiger partial charge in [0.15, 0.2) is 5.69 Å². The van der Waals surface area contributed by atoms with Gasteiger partial charge in [-0.3, -0.25) is 4.68 Å². The van der Waals surface area contributed by atoms with Crippen LogP contribution in [0.15, 0.2) is 30.7 Å². The molecule has 0 radical (unpaired) electrons. The van der Waals surface area contributed by atoms with E-state index in [9.17, 15) is 0 Å². The fourth-order valence-electron chi connectivity index (χ4n) is 1.29. The molecule has 0 saturated carbocycles. The van der Waals surface area contributed by atoms with E-state index in [0.29, 0.717) is 18.8 Å². The molecule has 2 rings (SSSR count).